The van der Waals surface area contributed by atoms with Gasteiger partial charge < -0.3 is 18.9 Å². The average molecular weight is 479 g/mol. The van der Waals surface area contributed by atoms with Crippen LogP contribution < -0.4 is 0 Å². The van der Waals surface area contributed by atoms with Gasteiger partial charge in [-0.2, -0.15) is 0 Å². The maximum atomic E-state index is 14.6. The number of ether oxygens (including phenoxy) is 4. The lowest BCUT2D eigenvalue weighted by Gasteiger charge is -2.19. The highest BCUT2D eigenvalue weighted by Crippen LogP contribution is 2.49. The van der Waals surface area contributed by atoms with Crippen LogP contribution in [0, 0.1) is 11.6 Å². The van der Waals surface area contributed by atoms with Gasteiger partial charge >= 0.3 is 0 Å². The maximum absolute atomic E-state index is 14.6. The van der Waals surface area contributed by atoms with Crippen LogP contribution in [0.2, 0.25) is 0 Å². The molecule has 0 aromatic heterocycles. The summed E-state index contributed by atoms with van der Waals surface area (Å²) in [6.45, 7) is 4.91. The number of hydrogen-bond acceptors (Lipinski definition) is 4. The van der Waals surface area contributed by atoms with Gasteiger partial charge in [0.15, 0.2) is 11.6 Å². The Kier molecular flexibility index (Phi) is 5.21. The van der Waals surface area contributed by atoms with Crippen molar-refractivity contribution >= 4 is 10.8 Å². The first-order chi connectivity index (χ1) is 17.1. The van der Waals surface area contributed by atoms with E-state index in [0.29, 0.717) is 26.4 Å². The van der Waals surface area contributed by atoms with E-state index in [1.54, 1.807) is 0 Å². The van der Waals surface area contributed by atoms with Gasteiger partial charge in [0.2, 0.25) is 0 Å². The predicted octanol–water partition coefficient (Wildman–Crippen LogP) is 6.80. The molecule has 0 saturated carbocycles. The Morgan fingerprint density at radius 2 is 1.23 bits per heavy atom. The van der Waals surface area contributed by atoms with Crippen molar-refractivity contribution < 1.29 is 27.7 Å². The lowest BCUT2D eigenvalue weighted by Crippen LogP contribution is -2.03. The molecule has 6 heteroatoms. The number of unbranched alkanes of at least 4 members (excludes halogenated alkanes) is 2. The highest BCUT2D eigenvalue weighted by molar-refractivity contribution is 6.00. The minimum atomic E-state index is -0.826. The van der Waals surface area contributed by atoms with Crippen molar-refractivity contribution in [1.82, 2.24) is 0 Å². The highest BCUT2D eigenvalue weighted by atomic mass is 19.2. The largest absolute Gasteiger partial charge is 0.368 e. The first-order valence-corrected chi connectivity index (χ1v) is 12.7. The van der Waals surface area contributed by atoms with Crippen molar-refractivity contribution in [2.45, 2.75) is 57.0 Å². The topological polar surface area (TPSA) is 50.1 Å². The Morgan fingerprint density at radius 1 is 0.686 bits per heavy atom. The van der Waals surface area contributed by atoms with Crippen molar-refractivity contribution in [3.05, 3.63) is 69.8 Å². The van der Waals surface area contributed by atoms with E-state index in [9.17, 15) is 8.78 Å². The fourth-order valence-electron chi connectivity index (χ4n) is 5.51. The van der Waals surface area contributed by atoms with Gasteiger partial charge in [0.25, 0.3) is 0 Å². The zero-order chi connectivity index (χ0) is 23.7. The van der Waals surface area contributed by atoms with E-state index < -0.39 is 11.6 Å². The summed E-state index contributed by atoms with van der Waals surface area (Å²) >= 11 is 0. The van der Waals surface area contributed by atoms with Gasteiger partial charge in [0, 0.05) is 0 Å². The standard InChI is InChI=1S/C29H28F2O4/c1-2-3-4-5-16-18-9-23(30)24(31)10-19(18)17(8-20(16)25-11-32-25)15-6-21(26-12-33-26)29(28-14-35-28)22(7-15)27-13-34-27/h6-10,25-28H,2-5,11-14H2,1H3. The summed E-state index contributed by atoms with van der Waals surface area (Å²) in [7, 11) is 0. The lowest BCUT2D eigenvalue weighted by atomic mass is 9.85. The van der Waals surface area contributed by atoms with Crippen LogP contribution in [0.1, 0.15) is 78.4 Å². The molecule has 4 unspecified atom stereocenters. The molecule has 4 nitrogen and oxygen atoms in total. The second-order valence-corrected chi connectivity index (χ2v) is 10.1. The molecule has 182 valence electrons. The number of fused-ring (bicyclic) bond motifs is 1. The third-order valence-corrected chi connectivity index (χ3v) is 7.61. The fraction of sp³-hybridized carbons (Fsp3) is 0.448. The summed E-state index contributed by atoms with van der Waals surface area (Å²) in [4.78, 5) is 0. The molecule has 0 N–H and O–H groups in total. The Hall–Kier alpha value is -2.38. The number of halogens is 2. The third kappa shape index (κ3) is 4.06. The average Bonchev–Trinajstić information content (AvgIpc) is 3.71. The molecule has 4 aliphatic heterocycles. The molecular formula is C29H28F2O4. The molecule has 4 heterocycles. The fourth-order valence-corrected chi connectivity index (χ4v) is 5.51. The summed E-state index contributed by atoms with van der Waals surface area (Å²) in [6, 6.07) is 9.20. The molecule has 4 saturated heterocycles. The van der Waals surface area contributed by atoms with Gasteiger partial charge in [-0.05, 0) is 92.9 Å². The van der Waals surface area contributed by atoms with Crippen molar-refractivity contribution in [3.8, 4) is 11.1 Å². The molecule has 35 heavy (non-hydrogen) atoms. The summed E-state index contributed by atoms with van der Waals surface area (Å²) in [6.07, 6.45) is 4.22. The molecule has 0 amide bonds. The Balaban J connectivity index is 1.46. The van der Waals surface area contributed by atoms with Gasteiger partial charge in [-0.25, -0.2) is 8.78 Å². The normalized spacial score (nSPS) is 26.3. The van der Waals surface area contributed by atoms with E-state index in [-0.39, 0.29) is 24.4 Å². The van der Waals surface area contributed by atoms with Crippen molar-refractivity contribution in [2.24, 2.45) is 0 Å². The quantitative estimate of drug-likeness (QED) is 0.251. The summed E-state index contributed by atoms with van der Waals surface area (Å²) in [5.41, 5.74) is 7.49. The van der Waals surface area contributed by atoms with Crippen molar-refractivity contribution in [3.63, 3.8) is 0 Å². The van der Waals surface area contributed by atoms with Crippen LogP contribution >= 0.6 is 0 Å². The van der Waals surface area contributed by atoms with Crippen molar-refractivity contribution in [2.75, 3.05) is 26.4 Å². The molecule has 0 radical (unpaired) electrons. The number of rotatable bonds is 9. The minimum Gasteiger partial charge on any atom is -0.368 e. The van der Waals surface area contributed by atoms with Crippen LogP contribution in [-0.2, 0) is 25.4 Å². The lowest BCUT2D eigenvalue weighted by molar-refractivity contribution is 0.390. The first kappa shape index (κ1) is 21.9. The van der Waals surface area contributed by atoms with E-state index in [1.807, 2.05) is 0 Å². The van der Waals surface area contributed by atoms with Crippen LogP contribution in [-0.4, -0.2) is 26.4 Å². The van der Waals surface area contributed by atoms with E-state index in [2.05, 4.69) is 25.1 Å². The van der Waals surface area contributed by atoms with Gasteiger partial charge in [-0.3, -0.25) is 0 Å². The molecular weight excluding hydrogens is 450 g/mol. The second-order valence-electron chi connectivity index (χ2n) is 10.1. The summed E-state index contributed by atoms with van der Waals surface area (Å²) in [5.74, 6) is -1.64. The first-order valence-electron chi connectivity index (χ1n) is 12.7. The molecule has 7 rings (SSSR count). The van der Waals surface area contributed by atoms with Crippen LogP contribution in [0.15, 0.2) is 30.3 Å². The maximum Gasteiger partial charge on any atom is 0.159 e. The Labute approximate surface area is 203 Å². The van der Waals surface area contributed by atoms with Gasteiger partial charge in [-0.15, -0.1) is 0 Å². The molecule has 3 aromatic carbocycles. The SMILES string of the molecule is CCCCCc1c(C2CO2)cc(-c2cc(C3CO3)c(C3CO3)c(C3CO3)c2)c2cc(F)c(F)cc12. The number of benzene rings is 3. The van der Waals surface area contributed by atoms with Crippen LogP contribution in [0.3, 0.4) is 0 Å². The van der Waals surface area contributed by atoms with E-state index in [0.717, 1.165) is 69.8 Å². The highest BCUT2D eigenvalue weighted by Gasteiger charge is 2.41. The number of aryl methyl sites for hydroxylation is 1. The molecule has 0 bridgehead atoms. The third-order valence-electron chi connectivity index (χ3n) is 7.61. The summed E-state index contributed by atoms with van der Waals surface area (Å²) in [5, 5.41) is 1.52. The monoisotopic (exact) mass is 478 g/mol. The van der Waals surface area contributed by atoms with Crippen LogP contribution in [0.25, 0.3) is 21.9 Å². The molecule has 4 fully saturated rings. The van der Waals surface area contributed by atoms with E-state index >= 15 is 0 Å². The second kappa shape index (κ2) is 8.34. The number of epoxide rings is 4. The van der Waals surface area contributed by atoms with Gasteiger partial charge in [0.1, 0.15) is 24.4 Å². The molecule has 0 spiro atoms. The Bertz CT molecular complexity index is 1290. The molecule has 0 aliphatic carbocycles. The zero-order valence-electron chi connectivity index (χ0n) is 19.7. The predicted molar refractivity (Wildman–Crippen MR) is 127 cm³/mol. The smallest absolute Gasteiger partial charge is 0.159 e. The summed E-state index contributed by atoms with van der Waals surface area (Å²) < 4.78 is 52.0. The van der Waals surface area contributed by atoms with Crippen LogP contribution in [0.4, 0.5) is 8.78 Å². The van der Waals surface area contributed by atoms with Crippen molar-refractivity contribution in [1.29, 1.82) is 0 Å². The minimum absolute atomic E-state index is 0.0134. The molecule has 3 aromatic rings. The van der Waals surface area contributed by atoms with Gasteiger partial charge in [-0.1, -0.05) is 19.8 Å². The zero-order valence-corrected chi connectivity index (χ0v) is 19.7. The van der Waals surface area contributed by atoms with E-state index in [1.165, 1.54) is 17.7 Å². The van der Waals surface area contributed by atoms with Crippen LogP contribution in [0.5, 0.6) is 0 Å². The molecule has 4 atom stereocenters. The molecule has 4 aliphatic rings. The van der Waals surface area contributed by atoms with Gasteiger partial charge in [0.05, 0.1) is 26.4 Å². The van der Waals surface area contributed by atoms with E-state index in [4.69, 9.17) is 18.9 Å². The number of hydrogen-bond donors (Lipinski definition) is 0. The Morgan fingerprint density at radius 3 is 1.77 bits per heavy atom.